The number of nitrogens with zero attached hydrogens (tertiary/aromatic N) is 2. The Balaban J connectivity index is 1.39. The molecule has 194 valence electrons. The zero-order valence-corrected chi connectivity index (χ0v) is 20.7. The van der Waals surface area contributed by atoms with Gasteiger partial charge in [-0.2, -0.15) is 0 Å². The molecule has 2 N–H and O–H groups in total. The highest BCUT2D eigenvalue weighted by Gasteiger charge is 2.31. The number of aromatic nitrogens is 1. The Bertz CT molecular complexity index is 1300. The molecule has 0 aliphatic carbocycles. The van der Waals surface area contributed by atoms with Crippen molar-refractivity contribution < 1.29 is 28.5 Å². The molecule has 1 aliphatic heterocycles. The number of fused-ring (bicyclic) bond motifs is 1. The number of ether oxygens (including phenoxy) is 1. The summed E-state index contributed by atoms with van der Waals surface area (Å²) in [4.78, 5) is 18.0. The third-order valence-corrected chi connectivity index (χ3v) is 6.96. The molecule has 3 atom stereocenters. The number of aliphatic hydroxyl groups is 1. The Morgan fingerprint density at radius 3 is 2.70 bits per heavy atom. The number of likely N-dealkylation sites (tertiary alicyclic amines) is 1. The number of carboxylic acid groups (broad SMARTS) is 1. The normalized spacial score (nSPS) is 18.7. The first-order chi connectivity index (χ1) is 17.8. The largest absolute Gasteiger partial charge is 0.497 e. The second-order valence-corrected chi connectivity index (χ2v) is 9.48. The standard InChI is InChI=1S/C29H30F2N2O4/c1-37-24-5-6-27-26(17-24)25(8-10-32-27)28(34)7-4-20-9-12-33(18-21(20)15-29(35)36)11-2-3-19-13-22(30)16-23(31)14-19/h5-6,8,10,13-14,16-17,20-21,28,34H,4,7,9,11-12,15,18H2,1H3,(H,35,36)/t20-,21+,28+/m1/s1. The maximum Gasteiger partial charge on any atom is 0.303 e. The van der Waals surface area contributed by atoms with Gasteiger partial charge < -0.3 is 14.9 Å². The topological polar surface area (TPSA) is 82.9 Å². The lowest BCUT2D eigenvalue weighted by Gasteiger charge is -2.37. The van der Waals surface area contributed by atoms with Crippen molar-refractivity contribution in [3.8, 4) is 17.6 Å². The fourth-order valence-corrected chi connectivity index (χ4v) is 5.11. The van der Waals surface area contributed by atoms with Crippen molar-refractivity contribution >= 4 is 16.9 Å². The lowest BCUT2D eigenvalue weighted by atomic mass is 9.79. The number of piperidine rings is 1. The van der Waals surface area contributed by atoms with Crippen LogP contribution in [-0.2, 0) is 4.79 Å². The van der Waals surface area contributed by atoms with Gasteiger partial charge in [0.2, 0.25) is 0 Å². The second kappa shape index (κ2) is 12.1. The van der Waals surface area contributed by atoms with E-state index < -0.39 is 23.7 Å². The summed E-state index contributed by atoms with van der Waals surface area (Å²) in [6, 6.07) is 10.5. The van der Waals surface area contributed by atoms with Gasteiger partial charge in [-0.05, 0) is 79.6 Å². The molecule has 1 fully saturated rings. The first-order valence-corrected chi connectivity index (χ1v) is 12.3. The predicted molar refractivity (Wildman–Crippen MR) is 136 cm³/mol. The maximum absolute atomic E-state index is 13.4. The van der Waals surface area contributed by atoms with E-state index in [1.54, 1.807) is 13.3 Å². The summed E-state index contributed by atoms with van der Waals surface area (Å²) >= 11 is 0. The number of pyridine rings is 1. The Morgan fingerprint density at radius 2 is 1.97 bits per heavy atom. The minimum atomic E-state index is -0.856. The Kier molecular flexibility index (Phi) is 8.70. The molecule has 0 amide bonds. The fourth-order valence-electron chi connectivity index (χ4n) is 5.11. The summed E-state index contributed by atoms with van der Waals surface area (Å²) in [6.45, 7) is 1.68. The third-order valence-electron chi connectivity index (χ3n) is 6.96. The predicted octanol–water partition coefficient (Wildman–Crippen LogP) is 4.80. The molecule has 2 heterocycles. The first kappa shape index (κ1) is 26.5. The smallest absolute Gasteiger partial charge is 0.303 e. The van der Waals surface area contributed by atoms with E-state index in [0.717, 1.165) is 35.5 Å². The lowest BCUT2D eigenvalue weighted by Crippen LogP contribution is -2.41. The number of carboxylic acids is 1. The van der Waals surface area contributed by atoms with Crippen molar-refractivity contribution in [2.24, 2.45) is 11.8 Å². The van der Waals surface area contributed by atoms with Gasteiger partial charge in [-0.1, -0.05) is 11.8 Å². The average molecular weight is 509 g/mol. The van der Waals surface area contributed by atoms with Crippen molar-refractivity contribution in [2.45, 2.75) is 31.8 Å². The summed E-state index contributed by atoms with van der Waals surface area (Å²) in [5.41, 5.74) is 1.82. The highest BCUT2D eigenvalue weighted by atomic mass is 19.1. The van der Waals surface area contributed by atoms with E-state index in [2.05, 4.69) is 21.7 Å². The number of halogens is 2. The Labute approximate surface area is 214 Å². The summed E-state index contributed by atoms with van der Waals surface area (Å²) in [5, 5.41) is 21.3. The summed E-state index contributed by atoms with van der Waals surface area (Å²) in [6.07, 6.45) is 2.98. The zero-order valence-electron chi connectivity index (χ0n) is 20.7. The molecule has 6 nitrogen and oxygen atoms in total. The minimum Gasteiger partial charge on any atom is -0.497 e. The van der Waals surface area contributed by atoms with Crippen molar-refractivity contribution in [1.82, 2.24) is 9.88 Å². The van der Waals surface area contributed by atoms with E-state index in [0.29, 0.717) is 31.7 Å². The first-order valence-electron chi connectivity index (χ1n) is 12.3. The molecular weight excluding hydrogens is 478 g/mol. The monoisotopic (exact) mass is 508 g/mol. The van der Waals surface area contributed by atoms with Crippen LogP contribution in [0.3, 0.4) is 0 Å². The van der Waals surface area contributed by atoms with Gasteiger partial charge in [0.25, 0.3) is 0 Å². The van der Waals surface area contributed by atoms with Gasteiger partial charge in [-0.25, -0.2) is 8.78 Å². The number of aliphatic hydroxyl groups excluding tert-OH is 1. The highest BCUT2D eigenvalue weighted by Crippen LogP contribution is 2.34. The van der Waals surface area contributed by atoms with Crippen LogP contribution in [0.2, 0.25) is 0 Å². The van der Waals surface area contributed by atoms with E-state index in [1.807, 2.05) is 24.3 Å². The van der Waals surface area contributed by atoms with Gasteiger partial charge in [0, 0.05) is 36.2 Å². The van der Waals surface area contributed by atoms with Crippen LogP contribution in [0.15, 0.2) is 48.7 Å². The highest BCUT2D eigenvalue weighted by molar-refractivity contribution is 5.83. The van der Waals surface area contributed by atoms with Crippen LogP contribution in [0.4, 0.5) is 8.78 Å². The molecule has 1 saturated heterocycles. The van der Waals surface area contributed by atoms with E-state index in [-0.39, 0.29) is 23.8 Å². The fraction of sp³-hybridized carbons (Fsp3) is 0.379. The van der Waals surface area contributed by atoms with Crippen LogP contribution in [0.5, 0.6) is 5.75 Å². The van der Waals surface area contributed by atoms with Crippen LogP contribution >= 0.6 is 0 Å². The molecule has 2 aromatic carbocycles. The molecule has 1 aliphatic rings. The van der Waals surface area contributed by atoms with Crippen LogP contribution < -0.4 is 4.74 Å². The van der Waals surface area contributed by atoms with Gasteiger partial charge in [-0.3, -0.25) is 14.7 Å². The minimum absolute atomic E-state index is 0.0369. The van der Waals surface area contributed by atoms with Crippen LogP contribution in [-0.4, -0.2) is 52.8 Å². The third kappa shape index (κ3) is 7.03. The summed E-state index contributed by atoms with van der Waals surface area (Å²) in [5.74, 6) is 4.29. The molecule has 0 saturated carbocycles. The molecule has 1 aromatic heterocycles. The number of methoxy groups -OCH3 is 1. The van der Waals surface area contributed by atoms with Gasteiger partial charge >= 0.3 is 5.97 Å². The van der Waals surface area contributed by atoms with Crippen LogP contribution in [0.1, 0.15) is 42.9 Å². The Morgan fingerprint density at radius 1 is 1.19 bits per heavy atom. The summed E-state index contributed by atoms with van der Waals surface area (Å²) in [7, 11) is 1.59. The number of rotatable bonds is 8. The zero-order chi connectivity index (χ0) is 26.4. The molecule has 4 rings (SSSR count). The van der Waals surface area contributed by atoms with Crippen molar-refractivity contribution in [1.29, 1.82) is 0 Å². The van der Waals surface area contributed by atoms with E-state index in [9.17, 15) is 23.8 Å². The van der Waals surface area contributed by atoms with E-state index >= 15 is 0 Å². The maximum atomic E-state index is 13.4. The molecule has 0 unspecified atom stereocenters. The molecule has 0 bridgehead atoms. The number of aliphatic carboxylic acids is 1. The van der Waals surface area contributed by atoms with Crippen molar-refractivity contribution in [3.63, 3.8) is 0 Å². The summed E-state index contributed by atoms with van der Waals surface area (Å²) < 4.78 is 32.1. The van der Waals surface area contributed by atoms with Crippen LogP contribution in [0.25, 0.3) is 10.9 Å². The molecule has 37 heavy (non-hydrogen) atoms. The number of hydrogen-bond donors (Lipinski definition) is 2. The van der Waals surface area contributed by atoms with Gasteiger partial charge in [0.1, 0.15) is 17.4 Å². The number of carbonyl (C=O) groups is 1. The molecule has 8 heteroatoms. The van der Waals surface area contributed by atoms with Crippen LogP contribution in [0, 0.1) is 35.3 Å². The van der Waals surface area contributed by atoms with Gasteiger partial charge in [0.05, 0.1) is 25.3 Å². The molecular formula is C29H30F2N2O4. The van der Waals surface area contributed by atoms with E-state index in [4.69, 9.17) is 4.74 Å². The quantitative estimate of drug-likeness (QED) is 0.426. The lowest BCUT2D eigenvalue weighted by molar-refractivity contribution is -0.139. The second-order valence-electron chi connectivity index (χ2n) is 9.48. The molecule has 0 spiro atoms. The Hall–Kier alpha value is -3.54. The van der Waals surface area contributed by atoms with Gasteiger partial charge in [0.15, 0.2) is 0 Å². The number of hydrogen-bond acceptors (Lipinski definition) is 5. The van der Waals surface area contributed by atoms with Crippen molar-refractivity contribution in [3.05, 3.63) is 71.4 Å². The van der Waals surface area contributed by atoms with Gasteiger partial charge in [-0.15, -0.1) is 0 Å². The van der Waals surface area contributed by atoms with E-state index in [1.165, 1.54) is 12.1 Å². The number of benzene rings is 2. The van der Waals surface area contributed by atoms with Crippen molar-refractivity contribution in [2.75, 3.05) is 26.7 Å². The SMILES string of the molecule is COc1ccc2nccc([C@@H](O)CC[C@@H]3CCN(CC#Cc4cc(F)cc(F)c4)C[C@@H]3CC(=O)O)c2c1. The average Bonchev–Trinajstić information content (AvgIpc) is 2.86. The molecule has 3 aromatic rings. The molecule has 0 radical (unpaired) electrons.